The van der Waals surface area contributed by atoms with Crippen molar-refractivity contribution in [1.29, 1.82) is 0 Å². The summed E-state index contributed by atoms with van der Waals surface area (Å²) in [5.41, 5.74) is 2.04. The van der Waals surface area contributed by atoms with Crippen LogP contribution in [-0.2, 0) is 6.54 Å². The molecule has 2 heterocycles. The normalized spacial score (nSPS) is 10.4. The highest BCUT2D eigenvalue weighted by molar-refractivity contribution is 6.29. The SMILES string of the molecule is Cc1ccnn1Cc1cccc(Cl)n1. The minimum atomic E-state index is 0.521. The van der Waals surface area contributed by atoms with Crippen molar-refractivity contribution in [2.45, 2.75) is 13.5 Å². The average molecular weight is 208 g/mol. The number of hydrogen-bond acceptors (Lipinski definition) is 2. The van der Waals surface area contributed by atoms with Crippen molar-refractivity contribution < 1.29 is 0 Å². The Bertz CT molecular complexity index is 436. The Labute approximate surface area is 87.3 Å². The Kier molecular flexibility index (Phi) is 2.50. The highest BCUT2D eigenvalue weighted by Gasteiger charge is 2.00. The largest absolute Gasteiger partial charge is 0.264 e. The first kappa shape index (κ1) is 9.21. The molecular formula is C10H10ClN3. The molecule has 2 rings (SSSR count). The molecule has 2 aromatic rings. The zero-order valence-electron chi connectivity index (χ0n) is 7.81. The van der Waals surface area contributed by atoms with E-state index < -0.39 is 0 Å². The van der Waals surface area contributed by atoms with Gasteiger partial charge in [0.15, 0.2) is 0 Å². The van der Waals surface area contributed by atoms with Gasteiger partial charge < -0.3 is 0 Å². The van der Waals surface area contributed by atoms with Gasteiger partial charge in [-0.15, -0.1) is 0 Å². The average Bonchev–Trinajstić information content (AvgIpc) is 2.52. The van der Waals surface area contributed by atoms with Gasteiger partial charge in [0.25, 0.3) is 0 Å². The van der Waals surface area contributed by atoms with Gasteiger partial charge in [-0.3, -0.25) is 4.68 Å². The van der Waals surface area contributed by atoms with Crippen LogP contribution in [0.15, 0.2) is 30.5 Å². The third-order valence-corrected chi connectivity index (χ3v) is 2.22. The molecule has 0 aromatic carbocycles. The molecule has 0 saturated heterocycles. The molecule has 3 nitrogen and oxygen atoms in total. The van der Waals surface area contributed by atoms with Crippen molar-refractivity contribution in [2.75, 3.05) is 0 Å². The first-order valence-electron chi connectivity index (χ1n) is 4.35. The number of halogens is 1. The summed E-state index contributed by atoms with van der Waals surface area (Å²) in [6.45, 7) is 2.68. The number of nitrogens with zero attached hydrogens (tertiary/aromatic N) is 3. The molecule has 14 heavy (non-hydrogen) atoms. The van der Waals surface area contributed by atoms with Crippen LogP contribution in [0.3, 0.4) is 0 Å². The monoisotopic (exact) mass is 207 g/mol. The second-order valence-electron chi connectivity index (χ2n) is 3.08. The standard InChI is InChI=1S/C10H10ClN3/c1-8-5-6-12-14(8)7-9-3-2-4-10(11)13-9/h2-6H,7H2,1H3. The lowest BCUT2D eigenvalue weighted by atomic mass is 10.3. The molecule has 0 aliphatic carbocycles. The van der Waals surface area contributed by atoms with Gasteiger partial charge in [0.05, 0.1) is 12.2 Å². The fraction of sp³-hybridized carbons (Fsp3) is 0.200. The summed E-state index contributed by atoms with van der Waals surface area (Å²) in [7, 11) is 0. The van der Waals surface area contributed by atoms with E-state index in [4.69, 9.17) is 11.6 Å². The Morgan fingerprint density at radius 3 is 2.86 bits per heavy atom. The van der Waals surface area contributed by atoms with Crippen molar-refractivity contribution in [3.8, 4) is 0 Å². The maximum atomic E-state index is 5.78. The van der Waals surface area contributed by atoms with Crippen LogP contribution in [0.1, 0.15) is 11.4 Å². The molecule has 0 spiro atoms. The lowest BCUT2D eigenvalue weighted by molar-refractivity contribution is 0.652. The number of pyridine rings is 1. The molecule has 2 aromatic heterocycles. The van der Waals surface area contributed by atoms with E-state index >= 15 is 0 Å². The number of hydrogen-bond donors (Lipinski definition) is 0. The topological polar surface area (TPSA) is 30.7 Å². The Balaban J connectivity index is 2.23. The lowest BCUT2D eigenvalue weighted by Gasteiger charge is -2.03. The summed E-state index contributed by atoms with van der Waals surface area (Å²) in [6, 6.07) is 7.56. The predicted octanol–water partition coefficient (Wildman–Crippen LogP) is 2.29. The zero-order valence-corrected chi connectivity index (χ0v) is 8.57. The van der Waals surface area contributed by atoms with Crippen LogP contribution in [0.25, 0.3) is 0 Å². The number of aromatic nitrogens is 3. The molecule has 0 bridgehead atoms. The van der Waals surface area contributed by atoms with Gasteiger partial charge in [-0.2, -0.15) is 5.10 Å². The van der Waals surface area contributed by atoms with Gasteiger partial charge in [0.2, 0.25) is 0 Å². The number of aryl methyl sites for hydroxylation is 1. The highest BCUT2D eigenvalue weighted by Crippen LogP contribution is 2.07. The van der Waals surface area contributed by atoms with Crippen LogP contribution in [0.4, 0.5) is 0 Å². The van der Waals surface area contributed by atoms with Gasteiger partial charge in [0, 0.05) is 11.9 Å². The number of rotatable bonds is 2. The summed E-state index contributed by atoms with van der Waals surface area (Å²) in [4.78, 5) is 4.19. The minimum Gasteiger partial charge on any atom is -0.264 e. The first-order valence-corrected chi connectivity index (χ1v) is 4.73. The second-order valence-corrected chi connectivity index (χ2v) is 3.47. The first-order chi connectivity index (χ1) is 6.75. The molecule has 0 unspecified atom stereocenters. The molecule has 0 aliphatic heterocycles. The summed E-state index contributed by atoms with van der Waals surface area (Å²) in [5, 5.41) is 4.69. The highest BCUT2D eigenvalue weighted by atomic mass is 35.5. The smallest absolute Gasteiger partial charge is 0.129 e. The molecule has 0 saturated carbocycles. The van der Waals surface area contributed by atoms with Crippen LogP contribution in [-0.4, -0.2) is 14.8 Å². The third-order valence-electron chi connectivity index (χ3n) is 2.01. The fourth-order valence-corrected chi connectivity index (χ4v) is 1.44. The van der Waals surface area contributed by atoms with Crippen molar-refractivity contribution in [2.24, 2.45) is 0 Å². The zero-order chi connectivity index (χ0) is 9.97. The summed E-state index contributed by atoms with van der Waals surface area (Å²) >= 11 is 5.78. The van der Waals surface area contributed by atoms with E-state index in [0.717, 1.165) is 11.4 Å². The quantitative estimate of drug-likeness (QED) is 0.708. The van der Waals surface area contributed by atoms with Crippen LogP contribution in [0, 0.1) is 6.92 Å². The second kappa shape index (κ2) is 3.80. The van der Waals surface area contributed by atoms with E-state index in [9.17, 15) is 0 Å². The molecule has 0 aliphatic rings. The van der Waals surface area contributed by atoms with E-state index in [1.807, 2.05) is 29.8 Å². The summed E-state index contributed by atoms with van der Waals surface area (Å²) in [6.07, 6.45) is 1.78. The van der Waals surface area contributed by atoms with Crippen molar-refractivity contribution in [3.05, 3.63) is 47.0 Å². The molecule has 0 atom stereocenters. The van der Waals surface area contributed by atoms with Crippen LogP contribution < -0.4 is 0 Å². The van der Waals surface area contributed by atoms with Gasteiger partial charge >= 0.3 is 0 Å². The summed E-state index contributed by atoms with van der Waals surface area (Å²) in [5.74, 6) is 0. The van der Waals surface area contributed by atoms with Gasteiger partial charge in [-0.1, -0.05) is 17.7 Å². The molecule has 72 valence electrons. The van der Waals surface area contributed by atoms with Gasteiger partial charge in [0.1, 0.15) is 5.15 Å². The molecule has 4 heteroatoms. The van der Waals surface area contributed by atoms with Crippen molar-refractivity contribution >= 4 is 11.6 Å². The summed E-state index contributed by atoms with van der Waals surface area (Å²) < 4.78 is 1.89. The van der Waals surface area contributed by atoms with Crippen molar-refractivity contribution in [3.63, 3.8) is 0 Å². The predicted molar refractivity (Wildman–Crippen MR) is 55.3 cm³/mol. The Morgan fingerprint density at radius 1 is 1.36 bits per heavy atom. The van der Waals surface area contributed by atoms with Crippen LogP contribution in [0.5, 0.6) is 0 Å². The van der Waals surface area contributed by atoms with Crippen LogP contribution in [0.2, 0.25) is 5.15 Å². The Hall–Kier alpha value is -1.35. The van der Waals surface area contributed by atoms with E-state index in [1.165, 1.54) is 0 Å². The van der Waals surface area contributed by atoms with Gasteiger partial charge in [-0.25, -0.2) is 4.98 Å². The molecular weight excluding hydrogens is 198 g/mol. The fourth-order valence-electron chi connectivity index (χ4n) is 1.26. The maximum absolute atomic E-state index is 5.78. The van der Waals surface area contributed by atoms with Crippen molar-refractivity contribution in [1.82, 2.24) is 14.8 Å². The Morgan fingerprint density at radius 2 is 2.21 bits per heavy atom. The minimum absolute atomic E-state index is 0.521. The maximum Gasteiger partial charge on any atom is 0.129 e. The van der Waals surface area contributed by atoms with Gasteiger partial charge in [-0.05, 0) is 25.1 Å². The molecule has 0 N–H and O–H groups in total. The molecule has 0 radical (unpaired) electrons. The van der Waals surface area contributed by atoms with E-state index in [1.54, 1.807) is 12.3 Å². The van der Waals surface area contributed by atoms with E-state index in [0.29, 0.717) is 11.7 Å². The van der Waals surface area contributed by atoms with E-state index in [2.05, 4.69) is 10.1 Å². The molecule has 0 fully saturated rings. The third kappa shape index (κ3) is 1.93. The van der Waals surface area contributed by atoms with Crippen LogP contribution >= 0.6 is 11.6 Å². The van der Waals surface area contributed by atoms with E-state index in [-0.39, 0.29) is 0 Å². The molecule has 0 amide bonds. The lowest BCUT2D eigenvalue weighted by Crippen LogP contribution is -2.04.